The Labute approximate surface area is 347 Å². The minimum atomic E-state index is -1.23. The van der Waals surface area contributed by atoms with Gasteiger partial charge in [-0.25, -0.2) is 29.6 Å². The summed E-state index contributed by atoms with van der Waals surface area (Å²) in [4.78, 5) is 67.6. The number of amides is 4. The van der Waals surface area contributed by atoms with Crippen molar-refractivity contribution < 1.29 is 38.9 Å². The number of ether oxygens (including phenoxy) is 2. The summed E-state index contributed by atoms with van der Waals surface area (Å²) >= 11 is 0. The van der Waals surface area contributed by atoms with Crippen LogP contribution in [0.5, 0.6) is 0 Å². The monoisotopic (exact) mass is 824 g/mol. The molecule has 18 nitrogen and oxygen atoms in total. The summed E-state index contributed by atoms with van der Waals surface area (Å²) in [5.74, 6) is 0.390. The van der Waals surface area contributed by atoms with Gasteiger partial charge in [-0.15, -0.1) is 0 Å². The van der Waals surface area contributed by atoms with Crippen molar-refractivity contribution in [3.05, 3.63) is 72.6 Å². The average molecular weight is 825 g/mol. The van der Waals surface area contributed by atoms with Crippen LogP contribution in [0.3, 0.4) is 0 Å². The molecule has 4 fully saturated rings. The number of aromatic amines is 2. The summed E-state index contributed by atoms with van der Waals surface area (Å²) in [6, 6.07) is 13.8. The molecule has 0 spiro atoms. The Morgan fingerprint density at radius 1 is 0.600 bits per heavy atom. The molecule has 318 valence electrons. The molecule has 6 N–H and O–H groups in total. The highest BCUT2D eigenvalue weighted by atomic mass is 16.5. The van der Waals surface area contributed by atoms with Crippen molar-refractivity contribution in [2.45, 2.75) is 62.7 Å². The number of rotatable bonds is 11. The molecule has 0 aliphatic carbocycles. The zero-order chi connectivity index (χ0) is 41.9. The minimum Gasteiger partial charge on any atom is -0.465 e. The third-order valence-corrected chi connectivity index (χ3v) is 12.3. The quantitative estimate of drug-likeness (QED) is 0.123. The Hall–Kier alpha value is -5.82. The molecule has 18 heteroatoms. The van der Waals surface area contributed by atoms with Gasteiger partial charge in [0.15, 0.2) is 0 Å². The molecular weight excluding hydrogens is 773 g/mol. The molecule has 2 aromatic carbocycles. The number of nitrogens with one attached hydrogen (secondary N) is 4. The van der Waals surface area contributed by atoms with Gasteiger partial charge in [-0.05, 0) is 72.6 Å². The van der Waals surface area contributed by atoms with Gasteiger partial charge in [-0.2, -0.15) is 0 Å². The number of benzene rings is 2. The van der Waals surface area contributed by atoms with Crippen LogP contribution in [0.1, 0.15) is 62.3 Å². The van der Waals surface area contributed by atoms with Crippen LogP contribution in [0.25, 0.3) is 33.6 Å². The third-order valence-electron chi connectivity index (χ3n) is 12.3. The number of carboxylic acid groups (broad SMARTS) is 2. The van der Waals surface area contributed by atoms with E-state index in [1.807, 2.05) is 72.6 Å². The van der Waals surface area contributed by atoms with Crippen molar-refractivity contribution in [3.8, 4) is 33.6 Å². The standard InChI is InChI=1S/C42H52N10O8/c1-49-17-11-33(51(49)39(53)35(47-41(55)56)29-13-19-59-20-14-29)37-43-23-31(45-37)27-7-3-25(4-8-27)26-5-9-28(10-6-26)32-24-44-38(46-32)34-12-18-50(2)52(34)40(54)36(48-42(57)58)30-15-21-60-22-16-30/h3-10,23-24,29-30,33-36,47-48H,11-22H2,1-2H3,(H,43,45)(H,44,46)(H,55,56)(H,57,58)/t33-,34-,35-,36-/m0/s1. The number of hydrogen-bond acceptors (Lipinski definition) is 10. The number of carbonyl (C=O) groups excluding carboxylic acids is 2. The SMILES string of the molecule is CN1CC[C@@H](c2ncc(-c3ccc(-c4ccc(-c5cnc([C@@H]6CCN(C)N6C(=O)[C@@H](NC(=O)O)C6CCOCC6)[nH]5)cc4)cc3)[nH]2)N1C(=O)[C@@H](NC(=O)O)C1CCOCC1. The van der Waals surface area contributed by atoms with Crippen molar-refractivity contribution in [2.75, 3.05) is 53.6 Å². The molecule has 8 rings (SSSR count). The lowest BCUT2D eigenvalue weighted by Gasteiger charge is -2.36. The van der Waals surface area contributed by atoms with Gasteiger partial charge < -0.3 is 40.3 Å². The third kappa shape index (κ3) is 8.58. The molecule has 4 aromatic rings. The van der Waals surface area contributed by atoms with Crippen molar-refractivity contribution >= 4 is 24.0 Å². The van der Waals surface area contributed by atoms with Crippen molar-refractivity contribution in [3.63, 3.8) is 0 Å². The summed E-state index contributed by atoms with van der Waals surface area (Å²) in [6.45, 7) is 3.22. The largest absolute Gasteiger partial charge is 0.465 e. The fourth-order valence-corrected chi connectivity index (χ4v) is 9.10. The molecular formula is C42H52N10O8. The first kappa shape index (κ1) is 40.9. The first-order valence-electron chi connectivity index (χ1n) is 20.6. The normalized spacial score (nSPS) is 21.8. The zero-order valence-electron chi connectivity index (χ0n) is 33.8. The maximum absolute atomic E-state index is 14.0. The summed E-state index contributed by atoms with van der Waals surface area (Å²) in [6.07, 6.45) is 4.79. The molecule has 0 bridgehead atoms. The molecule has 4 atom stereocenters. The van der Waals surface area contributed by atoms with E-state index in [1.165, 1.54) is 0 Å². The number of imidazole rings is 2. The number of aromatic nitrogens is 4. The highest BCUT2D eigenvalue weighted by Gasteiger charge is 2.44. The van der Waals surface area contributed by atoms with Gasteiger partial charge in [-0.1, -0.05) is 48.5 Å². The lowest BCUT2D eigenvalue weighted by Crippen LogP contribution is -2.55. The summed E-state index contributed by atoms with van der Waals surface area (Å²) in [7, 11) is 3.67. The van der Waals surface area contributed by atoms with Crippen LogP contribution in [-0.2, 0) is 19.1 Å². The fourth-order valence-electron chi connectivity index (χ4n) is 9.10. The van der Waals surface area contributed by atoms with Crippen LogP contribution in [0.15, 0.2) is 60.9 Å². The maximum Gasteiger partial charge on any atom is 0.405 e. The van der Waals surface area contributed by atoms with E-state index in [0.29, 0.717) is 89.7 Å². The highest BCUT2D eigenvalue weighted by Crippen LogP contribution is 2.36. The molecule has 4 aliphatic rings. The second-order valence-corrected chi connectivity index (χ2v) is 16.0. The van der Waals surface area contributed by atoms with Crippen LogP contribution >= 0.6 is 0 Å². The van der Waals surface area contributed by atoms with Gasteiger partial charge in [-0.3, -0.25) is 19.6 Å². The number of hydrazine groups is 2. The Morgan fingerprint density at radius 2 is 0.950 bits per heavy atom. The first-order chi connectivity index (χ1) is 29.0. The van der Waals surface area contributed by atoms with Crippen molar-refractivity contribution in [1.82, 2.24) is 50.6 Å². The van der Waals surface area contributed by atoms with Gasteiger partial charge in [0.05, 0.1) is 23.8 Å². The molecule has 4 aliphatic heterocycles. The zero-order valence-corrected chi connectivity index (χ0v) is 33.8. The van der Waals surface area contributed by atoms with E-state index >= 15 is 0 Å². The van der Waals surface area contributed by atoms with Crippen molar-refractivity contribution in [2.24, 2.45) is 11.8 Å². The molecule has 4 amide bonds. The van der Waals surface area contributed by atoms with Crippen molar-refractivity contribution in [1.29, 1.82) is 0 Å². The maximum atomic E-state index is 14.0. The van der Waals surface area contributed by atoms with Gasteiger partial charge >= 0.3 is 12.2 Å². The van der Waals surface area contributed by atoms with Gasteiger partial charge in [0.1, 0.15) is 35.8 Å². The Morgan fingerprint density at radius 3 is 1.30 bits per heavy atom. The topological polar surface area (TPSA) is 222 Å². The number of hydrogen-bond donors (Lipinski definition) is 6. The molecule has 60 heavy (non-hydrogen) atoms. The van der Waals surface area contributed by atoms with Crippen LogP contribution in [0, 0.1) is 11.8 Å². The minimum absolute atomic E-state index is 0.154. The highest BCUT2D eigenvalue weighted by molar-refractivity contribution is 5.86. The molecule has 4 saturated heterocycles. The lowest BCUT2D eigenvalue weighted by atomic mass is 9.90. The van der Waals surface area contributed by atoms with E-state index in [1.54, 1.807) is 22.4 Å². The summed E-state index contributed by atoms with van der Waals surface area (Å²) in [5.41, 5.74) is 5.51. The predicted octanol–water partition coefficient (Wildman–Crippen LogP) is 4.50. The lowest BCUT2D eigenvalue weighted by molar-refractivity contribution is -0.151. The van der Waals surface area contributed by atoms with Crippen LogP contribution in [0.4, 0.5) is 9.59 Å². The van der Waals surface area contributed by atoms with Crippen LogP contribution < -0.4 is 10.6 Å². The second-order valence-electron chi connectivity index (χ2n) is 16.0. The van der Waals surface area contributed by atoms with E-state index in [9.17, 15) is 29.4 Å². The number of H-pyrrole nitrogens is 2. The van der Waals surface area contributed by atoms with Gasteiger partial charge in [0, 0.05) is 53.6 Å². The number of carbonyl (C=O) groups is 4. The second kappa shape index (κ2) is 17.8. The molecule has 6 heterocycles. The molecule has 0 saturated carbocycles. The Kier molecular flexibility index (Phi) is 12.1. The van der Waals surface area contributed by atoms with Crippen LogP contribution in [-0.4, -0.2) is 140 Å². The average Bonchev–Trinajstić information content (AvgIpc) is 4.09. The van der Waals surface area contributed by atoms with E-state index in [0.717, 1.165) is 33.6 Å². The molecule has 2 aromatic heterocycles. The van der Waals surface area contributed by atoms with E-state index in [4.69, 9.17) is 9.47 Å². The summed E-state index contributed by atoms with van der Waals surface area (Å²) < 4.78 is 10.9. The summed E-state index contributed by atoms with van der Waals surface area (Å²) in [5, 5.41) is 31.1. The molecule has 0 radical (unpaired) electrons. The molecule has 0 unspecified atom stereocenters. The number of nitrogens with zero attached hydrogens (tertiary/aromatic N) is 6. The Balaban J connectivity index is 0.931. The van der Waals surface area contributed by atoms with Crippen LogP contribution in [0.2, 0.25) is 0 Å². The van der Waals surface area contributed by atoms with Gasteiger partial charge in [0.2, 0.25) is 0 Å². The van der Waals surface area contributed by atoms with E-state index in [-0.39, 0.29) is 35.7 Å². The first-order valence-corrected chi connectivity index (χ1v) is 20.6. The Bertz CT molecular complexity index is 2000. The predicted molar refractivity (Wildman–Crippen MR) is 218 cm³/mol. The van der Waals surface area contributed by atoms with E-state index < -0.39 is 24.3 Å². The van der Waals surface area contributed by atoms with Gasteiger partial charge in [0.25, 0.3) is 11.8 Å². The fraction of sp³-hybridized carbons (Fsp3) is 0.476. The smallest absolute Gasteiger partial charge is 0.405 e. The van der Waals surface area contributed by atoms with E-state index in [2.05, 4.69) is 30.6 Å².